The third-order valence-electron chi connectivity index (χ3n) is 3.94. The van der Waals surface area contributed by atoms with Crippen LogP contribution in [0, 0.1) is 5.82 Å². The predicted octanol–water partition coefficient (Wildman–Crippen LogP) is 5.41. The predicted molar refractivity (Wildman–Crippen MR) is 113 cm³/mol. The molecule has 7 nitrogen and oxygen atoms in total. The maximum atomic E-state index is 13.8. The van der Waals surface area contributed by atoms with Crippen molar-refractivity contribution in [3.63, 3.8) is 0 Å². The van der Waals surface area contributed by atoms with E-state index < -0.39 is 5.82 Å². The van der Waals surface area contributed by atoms with Crippen LogP contribution in [0.15, 0.2) is 73.5 Å². The lowest BCUT2D eigenvalue weighted by atomic mass is 10.2. The van der Waals surface area contributed by atoms with E-state index in [2.05, 4.69) is 36.4 Å². The number of benzene rings is 1. The average molecular weight is 489 g/mol. The summed E-state index contributed by atoms with van der Waals surface area (Å²) >= 11 is 4.44. The summed E-state index contributed by atoms with van der Waals surface area (Å²) in [5.41, 5.74) is 1.09. The molecule has 0 atom stereocenters. The molecule has 0 saturated carbocycles. The zero-order chi connectivity index (χ0) is 20.9. The van der Waals surface area contributed by atoms with Gasteiger partial charge in [-0.05, 0) is 42.5 Å². The fourth-order valence-electron chi connectivity index (χ4n) is 2.58. The van der Waals surface area contributed by atoms with Crippen LogP contribution in [-0.4, -0.2) is 26.8 Å². The minimum Gasteiger partial charge on any atom is -0.463 e. The molecule has 4 rings (SSSR count). The highest BCUT2D eigenvalue weighted by Gasteiger charge is 2.18. The highest BCUT2D eigenvalue weighted by molar-refractivity contribution is 9.10. The Hall–Kier alpha value is -2.98. The van der Waals surface area contributed by atoms with Gasteiger partial charge in [-0.3, -0.25) is 4.79 Å². The lowest BCUT2D eigenvalue weighted by molar-refractivity contribution is -0.115. The third-order valence-corrected chi connectivity index (χ3v) is 5.27. The lowest BCUT2D eigenvalue weighted by Gasteiger charge is -2.07. The van der Waals surface area contributed by atoms with Crippen molar-refractivity contribution in [2.75, 3.05) is 11.1 Å². The van der Waals surface area contributed by atoms with Crippen LogP contribution in [-0.2, 0) is 4.79 Å². The molecule has 152 valence electrons. The van der Waals surface area contributed by atoms with Gasteiger partial charge in [-0.1, -0.05) is 27.7 Å². The molecule has 0 spiro atoms. The molecule has 1 amide bonds. The van der Waals surface area contributed by atoms with Crippen molar-refractivity contribution in [1.29, 1.82) is 0 Å². The van der Waals surface area contributed by atoms with Gasteiger partial charge in [0.15, 0.2) is 17.2 Å². The zero-order valence-corrected chi connectivity index (χ0v) is 17.7. The summed E-state index contributed by atoms with van der Waals surface area (Å²) in [5, 5.41) is 11.3. The topological polar surface area (TPSA) is 94.0 Å². The summed E-state index contributed by atoms with van der Waals surface area (Å²) in [6.45, 7) is 0. The number of rotatable bonds is 7. The summed E-state index contributed by atoms with van der Waals surface area (Å²) in [6, 6.07) is 11.5. The molecule has 3 heterocycles. The highest BCUT2D eigenvalue weighted by Crippen LogP contribution is 2.30. The van der Waals surface area contributed by atoms with E-state index in [0.29, 0.717) is 38.3 Å². The minimum absolute atomic E-state index is 0.133. The second-order valence-electron chi connectivity index (χ2n) is 6.02. The van der Waals surface area contributed by atoms with Crippen LogP contribution in [0.5, 0.6) is 0 Å². The quantitative estimate of drug-likeness (QED) is 0.347. The van der Waals surface area contributed by atoms with Crippen molar-refractivity contribution in [2.45, 2.75) is 11.6 Å². The van der Waals surface area contributed by atoms with Crippen molar-refractivity contribution in [3.05, 3.63) is 65.3 Å². The number of nitrogens with one attached hydrogen (secondary N) is 1. The van der Waals surface area contributed by atoms with E-state index in [1.807, 2.05) is 0 Å². The maximum absolute atomic E-state index is 13.8. The molecule has 0 fully saturated rings. The van der Waals surface area contributed by atoms with E-state index in [9.17, 15) is 9.18 Å². The second-order valence-corrected chi connectivity index (χ2v) is 7.99. The normalized spacial score (nSPS) is 10.9. The van der Waals surface area contributed by atoms with Gasteiger partial charge in [0.1, 0.15) is 11.5 Å². The number of aromatic nitrogens is 3. The molecule has 10 heteroatoms. The Kier molecular flexibility index (Phi) is 6.24. The molecular weight excluding hydrogens is 475 g/mol. The van der Waals surface area contributed by atoms with Crippen LogP contribution in [0.1, 0.15) is 6.42 Å². The number of carbonyl (C=O) groups excluding carboxylic acids is 1. The van der Waals surface area contributed by atoms with Gasteiger partial charge in [-0.15, -0.1) is 10.2 Å². The first-order valence-electron chi connectivity index (χ1n) is 8.80. The van der Waals surface area contributed by atoms with Gasteiger partial charge >= 0.3 is 0 Å². The Balaban J connectivity index is 1.42. The number of furan rings is 2. The molecule has 0 unspecified atom stereocenters. The lowest BCUT2D eigenvalue weighted by Crippen LogP contribution is -2.13. The summed E-state index contributed by atoms with van der Waals surface area (Å²) in [7, 11) is 0. The van der Waals surface area contributed by atoms with Crippen molar-refractivity contribution in [2.24, 2.45) is 0 Å². The van der Waals surface area contributed by atoms with E-state index >= 15 is 0 Å². The second kappa shape index (κ2) is 9.23. The van der Waals surface area contributed by atoms with E-state index in [1.165, 1.54) is 23.9 Å². The van der Waals surface area contributed by atoms with Crippen molar-refractivity contribution >= 4 is 39.3 Å². The number of halogens is 2. The van der Waals surface area contributed by atoms with E-state index in [-0.39, 0.29) is 18.0 Å². The van der Waals surface area contributed by atoms with Gasteiger partial charge in [0, 0.05) is 16.6 Å². The minimum atomic E-state index is -0.505. The Morgan fingerprint density at radius 3 is 2.47 bits per heavy atom. The van der Waals surface area contributed by atoms with Gasteiger partial charge < -0.3 is 14.2 Å². The van der Waals surface area contributed by atoms with Crippen LogP contribution >= 0.6 is 27.7 Å². The smallest absolute Gasteiger partial charge is 0.225 e. The van der Waals surface area contributed by atoms with Crippen molar-refractivity contribution in [1.82, 2.24) is 15.2 Å². The number of carbonyl (C=O) groups is 1. The molecule has 1 aromatic carbocycles. The summed E-state index contributed by atoms with van der Waals surface area (Å²) in [4.78, 5) is 16.6. The van der Waals surface area contributed by atoms with E-state index in [4.69, 9.17) is 8.83 Å². The van der Waals surface area contributed by atoms with Crippen LogP contribution < -0.4 is 5.32 Å². The first kappa shape index (κ1) is 20.3. The monoisotopic (exact) mass is 488 g/mol. The Morgan fingerprint density at radius 2 is 1.80 bits per heavy atom. The number of nitrogens with zero attached hydrogens (tertiary/aromatic N) is 3. The molecule has 0 bridgehead atoms. The molecule has 0 aliphatic heterocycles. The summed E-state index contributed by atoms with van der Waals surface area (Å²) in [5.74, 6) is 0.628. The summed E-state index contributed by atoms with van der Waals surface area (Å²) in [6.07, 6.45) is 3.24. The fourth-order valence-corrected chi connectivity index (χ4v) is 3.63. The van der Waals surface area contributed by atoms with Crippen molar-refractivity contribution < 1.29 is 18.0 Å². The number of hydrogen-bond acceptors (Lipinski definition) is 7. The molecule has 0 radical (unpaired) electrons. The van der Waals surface area contributed by atoms with E-state index in [0.717, 1.165) is 0 Å². The van der Waals surface area contributed by atoms with Crippen LogP contribution in [0.2, 0.25) is 0 Å². The van der Waals surface area contributed by atoms with Crippen LogP contribution in [0.4, 0.5) is 10.1 Å². The van der Waals surface area contributed by atoms with Gasteiger partial charge in [0.2, 0.25) is 11.1 Å². The Bertz CT molecular complexity index is 1150. The fraction of sp³-hybridized carbons (Fsp3) is 0.100. The molecule has 0 aliphatic carbocycles. The van der Waals surface area contributed by atoms with Gasteiger partial charge in [-0.25, -0.2) is 9.37 Å². The molecule has 4 aromatic rings. The Morgan fingerprint density at radius 1 is 1.07 bits per heavy atom. The SMILES string of the molecule is O=C(CCSc1nnc(-c2ccco2)c(-c2ccco2)n1)Nc1ccc(Br)cc1F. The molecular formula is C20H14BrFN4O3S. The van der Waals surface area contributed by atoms with Crippen molar-refractivity contribution in [3.8, 4) is 22.9 Å². The average Bonchev–Trinajstić information content (AvgIpc) is 3.44. The van der Waals surface area contributed by atoms with Gasteiger partial charge in [-0.2, -0.15) is 0 Å². The maximum Gasteiger partial charge on any atom is 0.225 e. The standard InChI is InChI=1S/C20H14BrFN4O3S/c21-12-5-6-14(13(22)11-12)23-17(27)7-10-30-20-24-18(15-3-1-8-28-15)19(25-26-20)16-4-2-9-29-16/h1-6,8-9,11H,7,10H2,(H,23,27). The largest absolute Gasteiger partial charge is 0.463 e. The first-order valence-corrected chi connectivity index (χ1v) is 10.6. The molecule has 30 heavy (non-hydrogen) atoms. The highest BCUT2D eigenvalue weighted by atomic mass is 79.9. The molecule has 0 saturated heterocycles. The van der Waals surface area contributed by atoms with Crippen LogP contribution in [0.3, 0.4) is 0 Å². The van der Waals surface area contributed by atoms with Crippen LogP contribution in [0.25, 0.3) is 22.9 Å². The third kappa shape index (κ3) is 4.77. The molecule has 0 aliphatic rings. The zero-order valence-electron chi connectivity index (χ0n) is 15.3. The van der Waals surface area contributed by atoms with Gasteiger partial charge in [0.25, 0.3) is 0 Å². The number of thioether (sulfide) groups is 1. The molecule has 3 aromatic heterocycles. The first-order chi connectivity index (χ1) is 14.6. The number of anilines is 1. The number of amides is 1. The van der Waals surface area contributed by atoms with E-state index in [1.54, 1.807) is 42.9 Å². The molecule has 1 N–H and O–H groups in total. The Labute approximate surface area is 183 Å². The number of hydrogen-bond donors (Lipinski definition) is 1. The van der Waals surface area contributed by atoms with Gasteiger partial charge in [0.05, 0.1) is 18.2 Å². The summed E-state index contributed by atoms with van der Waals surface area (Å²) < 4.78 is 25.3.